The predicted octanol–water partition coefficient (Wildman–Crippen LogP) is 4.17. The molecule has 2 N–H and O–H groups in total. The van der Waals surface area contributed by atoms with Gasteiger partial charge in [-0.2, -0.15) is 0 Å². The topological polar surface area (TPSA) is 35.2 Å². The lowest BCUT2D eigenvalue weighted by atomic mass is 10.0. The Hall–Kier alpha value is -1.80. The number of nitrogens with two attached hydrogens (primary N) is 1. The van der Waals surface area contributed by atoms with Gasteiger partial charge in [0, 0.05) is 6.04 Å². The van der Waals surface area contributed by atoms with Crippen LogP contribution in [0, 0.1) is 6.92 Å². The van der Waals surface area contributed by atoms with Crippen LogP contribution in [0.15, 0.2) is 36.4 Å². The number of hydrogen-bond donors (Lipinski definition) is 1. The molecule has 0 fully saturated rings. The Labute approximate surface area is 126 Å². The number of ether oxygens (including phenoxy) is 1. The first kappa shape index (κ1) is 14.2. The van der Waals surface area contributed by atoms with Crippen LogP contribution in [0.2, 0.25) is 0 Å². The molecule has 0 radical (unpaired) electrons. The van der Waals surface area contributed by atoms with E-state index in [9.17, 15) is 0 Å². The van der Waals surface area contributed by atoms with Crippen LogP contribution in [-0.4, -0.2) is 6.04 Å². The van der Waals surface area contributed by atoms with E-state index in [4.69, 9.17) is 10.5 Å². The maximum atomic E-state index is 6.06. The highest BCUT2D eigenvalue weighted by Crippen LogP contribution is 2.30. The van der Waals surface area contributed by atoms with Gasteiger partial charge in [0.05, 0.1) is 0 Å². The Morgan fingerprint density at radius 1 is 1.10 bits per heavy atom. The first-order valence-corrected chi connectivity index (χ1v) is 7.76. The van der Waals surface area contributed by atoms with Crippen LogP contribution in [0.4, 0.5) is 0 Å². The van der Waals surface area contributed by atoms with Gasteiger partial charge in [0.2, 0.25) is 0 Å². The van der Waals surface area contributed by atoms with Gasteiger partial charge in [-0.25, -0.2) is 0 Å². The van der Waals surface area contributed by atoms with E-state index in [1.807, 2.05) is 6.92 Å². The Morgan fingerprint density at radius 2 is 1.90 bits per heavy atom. The summed E-state index contributed by atoms with van der Waals surface area (Å²) in [5.74, 6) is 1.88. The lowest BCUT2D eigenvalue weighted by Gasteiger charge is -2.12. The van der Waals surface area contributed by atoms with Crippen molar-refractivity contribution in [2.45, 2.75) is 45.6 Å². The molecule has 2 nitrogen and oxygen atoms in total. The molecule has 0 aliphatic heterocycles. The maximum absolute atomic E-state index is 6.06. The third-order valence-corrected chi connectivity index (χ3v) is 4.09. The third-order valence-electron chi connectivity index (χ3n) is 4.09. The summed E-state index contributed by atoms with van der Waals surface area (Å²) in [7, 11) is 0. The minimum atomic E-state index is 0.188. The fourth-order valence-corrected chi connectivity index (χ4v) is 3.06. The quantitative estimate of drug-likeness (QED) is 0.913. The van der Waals surface area contributed by atoms with E-state index in [1.54, 1.807) is 0 Å². The Bertz CT molecular complexity index is 646. The smallest absolute Gasteiger partial charge is 0.130 e. The van der Waals surface area contributed by atoms with E-state index in [0.717, 1.165) is 23.5 Å². The van der Waals surface area contributed by atoms with Gasteiger partial charge >= 0.3 is 0 Å². The zero-order valence-corrected chi connectivity index (χ0v) is 12.9. The number of aryl methyl sites for hydroxylation is 3. The van der Waals surface area contributed by atoms with Crippen LogP contribution in [0.3, 0.4) is 0 Å². The molecule has 3 rings (SSSR count). The minimum Gasteiger partial charge on any atom is -0.457 e. The lowest BCUT2D eigenvalue weighted by molar-refractivity contribution is 0.478. The zero-order chi connectivity index (χ0) is 14.8. The summed E-state index contributed by atoms with van der Waals surface area (Å²) in [4.78, 5) is 0. The normalized spacial score (nSPS) is 14.8. The monoisotopic (exact) mass is 281 g/mol. The molecule has 1 unspecified atom stereocenters. The highest BCUT2D eigenvalue weighted by atomic mass is 16.5. The van der Waals surface area contributed by atoms with E-state index in [2.05, 4.69) is 43.3 Å². The predicted molar refractivity (Wildman–Crippen MR) is 87.1 cm³/mol. The first-order valence-electron chi connectivity index (χ1n) is 7.76. The summed E-state index contributed by atoms with van der Waals surface area (Å²) in [6, 6.07) is 13.0. The standard InChI is InChI=1S/C19H23NO/c1-13-10-15(11-14(2)20)6-9-19(13)21-18-8-7-16-4-3-5-17(16)12-18/h6-10,12,14H,3-5,11,20H2,1-2H3. The molecule has 0 heterocycles. The summed E-state index contributed by atoms with van der Waals surface area (Å²) in [6.45, 7) is 4.12. The van der Waals surface area contributed by atoms with Crippen molar-refractivity contribution in [2.75, 3.05) is 0 Å². The second kappa shape index (κ2) is 5.90. The summed E-state index contributed by atoms with van der Waals surface area (Å²) >= 11 is 0. The molecule has 0 saturated carbocycles. The SMILES string of the molecule is Cc1cc(CC(C)N)ccc1Oc1ccc2c(c1)CCC2. The van der Waals surface area contributed by atoms with Crippen LogP contribution in [0.5, 0.6) is 11.5 Å². The average molecular weight is 281 g/mol. The average Bonchev–Trinajstić information content (AvgIpc) is 2.88. The van der Waals surface area contributed by atoms with E-state index in [1.165, 1.54) is 36.0 Å². The fourth-order valence-electron chi connectivity index (χ4n) is 3.06. The summed E-state index contributed by atoms with van der Waals surface area (Å²) in [6.07, 6.45) is 4.56. The highest BCUT2D eigenvalue weighted by Gasteiger charge is 2.12. The van der Waals surface area contributed by atoms with Crippen LogP contribution >= 0.6 is 0 Å². The van der Waals surface area contributed by atoms with Crippen molar-refractivity contribution in [2.24, 2.45) is 5.73 Å². The number of hydrogen-bond acceptors (Lipinski definition) is 2. The van der Waals surface area contributed by atoms with Crippen molar-refractivity contribution in [3.8, 4) is 11.5 Å². The zero-order valence-electron chi connectivity index (χ0n) is 12.9. The van der Waals surface area contributed by atoms with Crippen molar-refractivity contribution in [3.63, 3.8) is 0 Å². The van der Waals surface area contributed by atoms with Gasteiger partial charge in [-0.3, -0.25) is 0 Å². The summed E-state index contributed by atoms with van der Waals surface area (Å²) < 4.78 is 6.06. The molecule has 0 amide bonds. The van der Waals surface area contributed by atoms with Crippen molar-refractivity contribution in [3.05, 3.63) is 58.7 Å². The molecule has 1 aliphatic carbocycles. The summed E-state index contributed by atoms with van der Waals surface area (Å²) in [5, 5.41) is 0. The minimum absolute atomic E-state index is 0.188. The molecule has 0 saturated heterocycles. The molecule has 1 atom stereocenters. The molecular formula is C19H23NO. The van der Waals surface area contributed by atoms with Gasteiger partial charge in [-0.1, -0.05) is 18.2 Å². The van der Waals surface area contributed by atoms with E-state index < -0.39 is 0 Å². The van der Waals surface area contributed by atoms with Crippen LogP contribution in [-0.2, 0) is 19.3 Å². The van der Waals surface area contributed by atoms with Gasteiger partial charge in [-0.15, -0.1) is 0 Å². The number of benzene rings is 2. The van der Waals surface area contributed by atoms with Gasteiger partial charge in [0.15, 0.2) is 0 Å². The van der Waals surface area contributed by atoms with Crippen LogP contribution in [0.25, 0.3) is 0 Å². The molecule has 0 spiro atoms. The van der Waals surface area contributed by atoms with Crippen LogP contribution in [0.1, 0.15) is 35.6 Å². The molecule has 110 valence electrons. The van der Waals surface area contributed by atoms with E-state index in [0.29, 0.717) is 0 Å². The Balaban J connectivity index is 1.78. The fraction of sp³-hybridized carbons (Fsp3) is 0.368. The molecule has 2 aromatic carbocycles. The van der Waals surface area contributed by atoms with Crippen LogP contribution < -0.4 is 10.5 Å². The maximum Gasteiger partial charge on any atom is 0.130 e. The van der Waals surface area contributed by atoms with Crippen molar-refractivity contribution in [1.29, 1.82) is 0 Å². The van der Waals surface area contributed by atoms with Crippen molar-refractivity contribution < 1.29 is 4.74 Å². The second-order valence-electron chi connectivity index (χ2n) is 6.17. The van der Waals surface area contributed by atoms with E-state index >= 15 is 0 Å². The van der Waals surface area contributed by atoms with Gasteiger partial charge in [0.25, 0.3) is 0 Å². The lowest BCUT2D eigenvalue weighted by Crippen LogP contribution is -2.17. The molecule has 0 aromatic heterocycles. The summed E-state index contributed by atoms with van der Waals surface area (Å²) in [5.41, 5.74) is 11.2. The van der Waals surface area contributed by atoms with Gasteiger partial charge < -0.3 is 10.5 Å². The first-order chi connectivity index (χ1) is 10.1. The molecular weight excluding hydrogens is 258 g/mol. The molecule has 2 heteroatoms. The van der Waals surface area contributed by atoms with Gasteiger partial charge in [0.1, 0.15) is 11.5 Å². The third kappa shape index (κ3) is 3.27. The highest BCUT2D eigenvalue weighted by molar-refractivity contribution is 5.43. The molecule has 1 aliphatic rings. The molecule has 2 aromatic rings. The number of rotatable bonds is 4. The van der Waals surface area contributed by atoms with Crippen molar-refractivity contribution >= 4 is 0 Å². The Kier molecular flexibility index (Phi) is 3.98. The van der Waals surface area contributed by atoms with Crippen molar-refractivity contribution in [1.82, 2.24) is 0 Å². The Morgan fingerprint density at radius 3 is 2.67 bits per heavy atom. The largest absolute Gasteiger partial charge is 0.457 e. The van der Waals surface area contributed by atoms with Gasteiger partial charge in [-0.05, 0) is 80.0 Å². The van der Waals surface area contributed by atoms with E-state index in [-0.39, 0.29) is 6.04 Å². The molecule has 0 bridgehead atoms. The molecule has 21 heavy (non-hydrogen) atoms. The second-order valence-corrected chi connectivity index (χ2v) is 6.17. The number of fused-ring (bicyclic) bond motifs is 1.